The molecule has 1 aromatic rings. The topological polar surface area (TPSA) is 78.4 Å². The van der Waals surface area contributed by atoms with Gasteiger partial charge >= 0.3 is 11.8 Å². The zero-order valence-electron chi connectivity index (χ0n) is 10.2. The third-order valence-corrected chi connectivity index (χ3v) is 2.80. The van der Waals surface area contributed by atoms with E-state index in [1.807, 2.05) is 0 Å². The molecule has 0 aromatic heterocycles. The third-order valence-electron chi connectivity index (χ3n) is 2.31. The normalized spacial score (nSPS) is 11.8. The monoisotopic (exact) mass is 332 g/mol. The fourth-order valence-corrected chi connectivity index (χ4v) is 1.51. The van der Waals surface area contributed by atoms with Gasteiger partial charge in [0.15, 0.2) is 0 Å². The highest BCUT2D eigenvalue weighted by Crippen LogP contribution is 2.19. The summed E-state index contributed by atoms with van der Waals surface area (Å²) in [5.41, 5.74) is -0.0708. The van der Waals surface area contributed by atoms with Crippen LogP contribution in [0.4, 0.5) is 10.1 Å². The first-order valence-corrected chi connectivity index (χ1v) is 6.38. The molecule has 19 heavy (non-hydrogen) atoms. The predicted octanol–water partition coefficient (Wildman–Crippen LogP) is 1.27. The van der Waals surface area contributed by atoms with Crippen molar-refractivity contribution >= 4 is 33.4 Å². The molecule has 0 bridgehead atoms. The van der Waals surface area contributed by atoms with Crippen molar-refractivity contribution in [3.8, 4) is 0 Å². The van der Waals surface area contributed by atoms with Crippen LogP contribution in [0, 0.1) is 11.7 Å². The van der Waals surface area contributed by atoms with E-state index in [9.17, 15) is 14.0 Å². The van der Waals surface area contributed by atoms with Crippen molar-refractivity contribution in [2.45, 2.75) is 6.92 Å². The Balaban J connectivity index is 2.56. The number of hydrogen-bond acceptors (Lipinski definition) is 3. The summed E-state index contributed by atoms with van der Waals surface area (Å²) < 4.78 is 14.0. The summed E-state index contributed by atoms with van der Waals surface area (Å²) in [6, 6.07) is 4.08. The van der Waals surface area contributed by atoms with Gasteiger partial charge in [-0.15, -0.1) is 0 Å². The molecule has 1 aromatic carbocycles. The zero-order chi connectivity index (χ0) is 14.4. The molecule has 0 heterocycles. The summed E-state index contributed by atoms with van der Waals surface area (Å²) in [4.78, 5) is 22.9. The van der Waals surface area contributed by atoms with Gasteiger partial charge in [-0.05, 0) is 24.1 Å². The highest BCUT2D eigenvalue weighted by molar-refractivity contribution is 9.10. The number of benzene rings is 1. The quantitative estimate of drug-likeness (QED) is 0.726. The molecular formula is C12H14BrFN2O3. The second kappa shape index (κ2) is 7.20. The lowest BCUT2D eigenvalue weighted by Crippen LogP contribution is -2.38. The van der Waals surface area contributed by atoms with E-state index >= 15 is 0 Å². The Morgan fingerprint density at radius 3 is 2.68 bits per heavy atom. The molecule has 0 aliphatic rings. The Bertz CT molecular complexity index is 482. The number of aliphatic hydroxyl groups is 1. The minimum atomic E-state index is -0.952. The van der Waals surface area contributed by atoms with Crippen LogP contribution >= 0.6 is 15.9 Å². The van der Waals surface area contributed by atoms with Crippen molar-refractivity contribution in [1.29, 1.82) is 0 Å². The molecular weight excluding hydrogens is 319 g/mol. The largest absolute Gasteiger partial charge is 0.396 e. The number of nitrogens with one attached hydrogen (secondary N) is 2. The van der Waals surface area contributed by atoms with Crippen molar-refractivity contribution in [3.63, 3.8) is 0 Å². The van der Waals surface area contributed by atoms with Gasteiger partial charge in [0, 0.05) is 17.6 Å². The maximum absolute atomic E-state index is 13.4. The molecule has 0 spiro atoms. The smallest absolute Gasteiger partial charge is 0.313 e. The fourth-order valence-electron chi connectivity index (χ4n) is 1.18. The predicted molar refractivity (Wildman–Crippen MR) is 72.0 cm³/mol. The maximum atomic E-state index is 13.4. The highest BCUT2D eigenvalue weighted by atomic mass is 79.9. The number of amides is 2. The van der Waals surface area contributed by atoms with Gasteiger partial charge in [-0.25, -0.2) is 4.39 Å². The van der Waals surface area contributed by atoms with Crippen LogP contribution in [-0.4, -0.2) is 30.1 Å². The second-order valence-corrected chi connectivity index (χ2v) is 4.99. The second-order valence-electron chi connectivity index (χ2n) is 4.08. The van der Waals surface area contributed by atoms with Gasteiger partial charge in [0.25, 0.3) is 0 Å². The molecule has 5 nitrogen and oxygen atoms in total. The molecule has 0 saturated carbocycles. The van der Waals surface area contributed by atoms with E-state index in [0.29, 0.717) is 4.47 Å². The summed E-state index contributed by atoms with van der Waals surface area (Å²) >= 11 is 3.08. The van der Waals surface area contributed by atoms with Crippen LogP contribution in [0.2, 0.25) is 0 Å². The lowest BCUT2D eigenvalue weighted by molar-refractivity contribution is -0.136. The Morgan fingerprint density at radius 1 is 1.42 bits per heavy atom. The first-order valence-electron chi connectivity index (χ1n) is 5.59. The molecule has 0 aliphatic carbocycles. The van der Waals surface area contributed by atoms with E-state index in [2.05, 4.69) is 26.6 Å². The van der Waals surface area contributed by atoms with Gasteiger partial charge in [-0.1, -0.05) is 22.9 Å². The van der Waals surface area contributed by atoms with E-state index in [0.717, 1.165) is 0 Å². The Hall–Kier alpha value is -1.47. The van der Waals surface area contributed by atoms with Gasteiger partial charge in [-0.3, -0.25) is 9.59 Å². The maximum Gasteiger partial charge on any atom is 0.313 e. The highest BCUT2D eigenvalue weighted by Gasteiger charge is 2.16. The van der Waals surface area contributed by atoms with Crippen molar-refractivity contribution in [3.05, 3.63) is 28.5 Å². The Morgan fingerprint density at radius 2 is 2.11 bits per heavy atom. The molecule has 0 aliphatic heterocycles. The van der Waals surface area contributed by atoms with Crippen molar-refractivity contribution in [1.82, 2.24) is 5.32 Å². The van der Waals surface area contributed by atoms with Crippen LogP contribution in [0.1, 0.15) is 6.92 Å². The molecule has 104 valence electrons. The van der Waals surface area contributed by atoms with Crippen molar-refractivity contribution in [2.75, 3.05) is 18.5 Å². The number of halogens is 2. The molecule has 0 radical (unpaired) electrons. The summed E-state index contributed by atoms with van der Waals surface area (Å²) in [5, 5.41) is 13.3. The number of carbonyl (C=O) groups is 2. The standard InChI is InChI=1S/C12H14BrFN2O3/c1-7(6-17)5-15-11(18)12(19)16-10-3-2-8(13)4-9(10)14/h2-4,7,17H,5-6H2,1H3,(H,15,18)(H,16,19). The summed E-state index contributed by atoms with van der Waals surface area (Å²) in [6.45, 7) is 1.79. The van der Waals surface area contributed by atoms with Crippen LogP contribution in [0.15, 0.2) is 22.7 Å². The van der Waals surface area contributed by atoms with Gasteiger partial charge in [0.2, 0.25) is 0 Å². The van der Waals surface area contributed by atoms with Gasteiger partial charge in [-0.2, -0.15) is 0 Å². The SMILES string of the molecule is CC(CO)CNC(=O)C(=O)Nc1ccc(Br)cc1F. The van der Waals surface area contributed by atoms with Gasteiger partial charge < -0.3 is 15.7 Å². The zero-order valence-corrected chi connectivity index (χ0v) is 11.8. The molecule has 2 amide bonds. The van der Waals surface area contributed by atoms with Crippen LogP contribution in [0.3, 0.4) is 0 Å². The number of rotatable bonds is 4. The lowest BCUT2D eigenvalue weighted by Gasteiger charge is -2.10. The number of anilines is 1. The average molecular weight is 333 g/mol. The first kappa shape index (κ1) is 15.6. The lowest BCUT2D eigenvalue weighted by atomic mass is 10.2. The summed E-state index contributed by atoms with van der Waals surface area (Å²) in [7, 11) is 0. The Kier molecular flexibility index (Phi) is 5.91. The number of aliphatic hydroxyl groups excluding tert-OH is 1. The van der Waals surface area contributed by atoms with E-state index in [1.165, 1.54) is 12.1 Å². The molecule has 1 atom stereocenters. The minimum Gasteiger partial charge on any atom is -0.396 e. The molecule has 0 saturated heterocycles. The van der Waals surface area contributed by atoms with Gasteiger partial charge in [0.1, 0.15) is 5.82 Å². The Labute approximate surface area is 118 Å². The molecule has 1 unspecified atom stereocenters. The average Bonchev–Trinajstić information content (AvgIpc) is 2.38. The molecule has 1 rings (SSSR count). The molecule has 7 heteroatoms. The third kappa shape index (κ3) is 4.96. The van der Waals surface area contributed by atoms with Gasteiger partial charge in [0.05, 0.1) is 5.69 Å². The number of carbonyl (C=O) groups excluding carboxylic acids is 2. The first-order chi connectivity index (χ1) is 8.93. The van der Waals surface area contributed by atoms with Crippen LogP contribution in [-0.2, 0) is 9.59 Å². The van der Waals surface area contributed by atoms with E-state index in [-0.39, 0.29) is 24.8 Å². The molecule has 0 fully saturated rings. The number of hydrogen-bond donors (Lipinski definition) is 3. The van der Waals surface area contributed by atoms with E-state index < -0.39 is 17.6 Å². The van der Waals surface area contributed by atoms with E-state index in [4.69, 9.17) is 5.11 Å². The van der Waals surface area contributed by atoms with E-state index in [1.54, 1.807) is 13.0 Å². The van der Waals surface area contributed by atoms with Crippen LogP contribution in [0.25, 0.3) is 0 Å². The van der Waals surface area contributed by atoms with Crippen molar-refractivity contribution < 1.29 is 19.1 Å². The van der Waals surface area contributed by atoms with Crippen LogP contribution in [0.5, 0.6) is 0 Å². The fraction of sp³-hybridized carbons (Fsp3) is 0.333. The minimum absolute atomic E-state index is 0.0708. The summed E-state index contributed by atoms with van der Waals surface area (Å²) in [5.74, 6) is -2.62. The van der Waals surface area contributed by atoms with Crippen LogP contribution < -0.4 is 10.6 Å². The van der Waals surface area contributed by atoms with Crippen molar-refractivity contribution in [2.24, 2.45) is 5.92 Å². The summed E-state index contributed by atoms with van der Waals surface area (Å²) in [6.07, 6.45) is 0. The molecule has 3 N–H and O–H groups in total.